The molecule has 0 atom stereocenters. The van der Waals surface area contributed by atoms with E-state index in [2.05, 4.69) is 10.6 Å². The Hall–Kier alpha value is -1.57. The van der Waals surface area contributed by atoms with Crippen molar-refractivity contribution >= 4 is 23.2 Å². The molecule has 0 radical (unpaired) electrons. The number of hydrogen-bond acceptors (Lipinski definition) is 3. The predicted octanol–water partition coefficient (Wildman–Crippen LogP) is 2.15. The summed E-state index contributed by atoms with van der Waals surface area (Å²) in [6, 6.07) is 6.88. The molecule has 1 aliphatic rings. The Kier molecular flexibility index (Phi) is 4.19. The van der Waals surface area contributed by atoms with Crippen LogP contribution in [0.1, 0.15) is 18.4 Å². The number of nitrogens with zero attached hydrogens (tertiary/aromatic N) is 1. The fourth-order valence-electron chi connectivity index (χ4n) is 2.01. The Morgan fingerprint density at radius 1 is 1.44 bits per heavy atom. The van der Waals surface area contributed by atoms with Crippen molar-refractivity contribution in [2.45, 2.75) is 12.8 Å². The second kappa shape index (κ2) is 5.85. The van der Waals surface area contributed by atoms with Gasteiger partial charge in [-0.1, -0.05) is 11.6 Å². The predicted molar refractivity (Wildman–Crippen MR) is 70.4 cm³/mol. The first-order chi connectivity index (χ1) is 8.70. The highest BCUT2D eigenvalue weighted by molar-refractivity contribution is 6.33. The minimum atomic E-state index is -0.0199. The Morgan fingerprint density at radius 3 is 2.83 bits per heavy atom. The second-order valence-corrected chi connectivity index (χ2v) is 4.73. The van der Waals surface area contributed by atoms with Gasteiger partial charge >= 0.3 is 0 Å². The van der Waals surface area contributed by atoms with Gasteiger partial charge in [-0.25, -0.2) is 0 Å². The summed E-state index contributed by atoms with van der Waals surface area (Å²) in [6.45, 7) is 1.73. The van der Waals surface area contributed by atoms with Crippen LogP contribution in [0.25, 0.3) is 0 Å². The van der Waals surface area contributed by atoms with Crippen LogP contribution in [0.4, 0.5) is 5.69 Å². The molecule has 18 heavy (non-hydrogen) atoms. The van der Waals surface area contributed by atoms with E-state index in [0.29, 0.717) is 16.3 Å². The second-order valence-electron chi connectivity index (χ2n) is 4.32. The smallest absolute Gasteiger partial charge is 0.227 e. The van der Waals surface area contributed by atoms with Gasteiger partial charge in [0.05, 0.1) is 22.3 Å². The van der Waals surface area contributed by atoms with Gasteiger partial charge in [0, 0.05) is 5.92 Å². The minimum absolute atomic E-state index is 0.0199. The fraction of sp³-hybridized carbons (Fsp3) is 0.385. The van der Waals surface area contributed by atoms with Crippen LogP contribution in [-0.2, 0) is 4.79 Å². The number of amides is 1. The van der Waals surface area contributed by atoms with Gasteiger partial charge < -0.3 is 10.6 Å². The number of nitriles is 1. The lowest BCUT2D eigenvalue weighted by molar-refractivity contribution is -0.120. The molecule has 0 saturated carbocycles. The summed E-state index contributed by atoms with van der Waals surface area (Å²) in [6.07, 6.45) is 1.67. The van der Waals surface area contributed by atoms with Crippen molar-refractivity contribution < 1.29 is 4.79 Å². The van der Waals surface area contributed by atoms with Gasteiger partial charge in [0.25, 0.3) is 0 Å². The van der Waals surface area contributed by atoms with E-state index in [9.17, 15) is 4.79 Å². The van der Waals surface area contributed by atoms with E-state index in [0.717, 1.165) is 25.9 Å². The number of carbonyl (C=O) groups is 1. The molecule has 1 heterocycles. The molecule has 1 amide bonds. The number of piperidine rings is 1. The first-order valence-electron chi connectivity index (χ1n) is 5.92. The van der Waals surface area contributed by atoms with E-state index in [-0.39, 0.29) is 11.8 Å². The minimum Gasteiger partial charge on any atom is -0.324 e. The first kappa shape index (κ1) is 12.9. The summed E-state index contributed by atoms with van der Waals surface area (Å²) in [5.41, 5.74) is 0.999. The largest absolute Gasteiger partial charge is 0.324 e. The molecule has 0 spiro atoms. The van der Waals surface area contributed by atoms with Crippen LogP contribution in [0.5, 0.6) is 0 Å². The van der Waals surface area contributed by atoms with E-state index in [1.165, 1.54) is 0 Å². The number of rotatable bonds is 2. The summed E-state index contributed by atoms with van der Waals surface area (Å²) >= 11 is 6.00. The molecule has 1 aliphatic heterocycles. The van der Waals surface area contributed by atoms with Gasteiger partial charge in [-0.3, -0.25) is 4.79 Å². The number of hydrogen-bond donors (Lipinski definition) is 2. The molecule has 5 heteroatoms. The standard InChI is InChI=1S/C13H14ClN3O/c14-11-2-1-9(8-15)7-12(11)17-13(18)10-3-5-16-6-4-10/h1-2,7,10,16H,3-6H2,(H,17,18). The van der Waals surface area contributed by atoms with Crippen molar-refractivity contribution in [1.29, 1.82) is 5.26 Å². The molecular formula is C13H14ClN3O. The van der Waals surface area contributed by atoms with Crippen molar-refractivity contribution in [1.82, 2.24) is 5.32 Å². The third-order valence-electron chi connectivity index (χ3n) is 3.06. The topological polar surface area (TPSA) is 64.9 Å². The van der Waals surface area contributed by atoms with Crippen LogP contribution < -0.4 is 10.6 Å². The third kappa shape index (κ3) is 3.00. The maximum absolute atomic E-state index is 12.0. The lowest BCUT2D eigenvalue weighted by Gasteiger charge is -2.22. The zero-order valence-corrected chi connectivity index (χ0v) is 10.6. The number of anilines is 1. The molecule has 1 saturated heterocycles. The van der Waals surface area contributed by atoms with Gasteiger partial charge in [0.2, 0.25) is 5.91 Å². The molecule has 0 bridgehead atoms. The molecule has 1 aromatic carbocycles. The number of nitrogens with one attached hydrogen (secondary N) is 2. The molecule has 0 aromatic heterocycles. The number of benzene rings is 1. The lowest BCUT2D eigenvalue weighted by Crippen LogP contribution is -2.34. The maximum atomic E-state index is 12.0. The highest BCUT2D eigenvalue weighted by atomic mass is 35.5. The van der Waals surface area contributed by atoms with E-state index < -0.39 is 0 Å². The third-order valence-corrected chi connectivity index (χ3v) is 3.39. The normalized spacial score (nSPS) is 16.0. The summed E-state index contributed by atoms with van der Waals surface area (Å²) in [4.78, 5) is 12.0. The van der Waals surface area contributed by atoms with Crippen LogP contribution in [0.3, 0.4) is 0 Å². The van der Waals surface area contributed by atoms with Crippen molar-refractivity contribution in [2.24, 2.45) is 5.92 Å². The highest BCUT2D eigenvalue weighted by Gasteiger charge is 2.21. The van der Waals surface area contributed by atoms with Crippen LogP contribution in [-0.4, -0.2) is 19.0 Å². The summed E-state index contributed by atoms with van der Waals surface area (Å²) < 4.78 is 0. The van der Waals surface area contributed by atoms with E-state index >= 15 is 0 Å². The Labute approximate surface area is 111 Å². The van der Waals surface area contributed by atoms with E-state index in [1.54, 1.807) is 18.2 Å². The number of halogens is 1. The van der Waals surface area contributed by atoms with Gasteiger partial charge in [-0.15, -0.1) is 0 Å². The molecular weight excluding hydrogens is 250 g/mol. The number of carbonyl (C=O) groups excluding carboxylic acids is 1. The molecule has 4 nitrogen and oxygen atoms in total. The van der Waals surface area contributed by atoms with Gasteiger partial charge in [-0.2, -0.15) is 5.26 Å². The molecule has 0 aliphatic carbocycles. The van der Waals surface area contributed by atoms with Crippen molar-refractivity contribution in [3.05, 3.63) is 28.8 Å². The monoisotopic (exact) mass is 263 g/mol. The zero-order chi connectivity index (χ0) is 13.0. The lowest BCUT2D eigenvalue weighted by atomic mass is 9.97. The molecule has 94 valence electrons. The summed E-state index contributed by atoms with van der Waals surface area (Å²) in [5, 5.41) is 15.3. The van der Waals surface area contributed by atoms with E-state index in [4.69, 9.17) is 16.9 Å². The maximum Gasteiger partial charge on any atom is 0.227 e. The Morgan fingerprint density at radius 2 is 2.17 bits per heavy atom. The summed E-state index contributed by atoms with van der Waals surface area (Å²) in [7, 11) is 0. The van der Waals surface area contributed by atoms with Gasteiger partial charge in [0.1, 0.15) is 0 Å². The van der Waals surface area contributed by atoms with Crippen LogP contribution in [0, 0.1) is 17.2 Å². The Balaban J connectivity index is 2.08. The van der Waals surface area contributed by atoms with Crippen molar-refractivity contribution in [2.75, 3.05) is 18.4 Å². The van der Waals surface area contributed by atoms with Crippen LogP contribution in [0.2, 0.25) is 5.02 Å². The van der Waals surface area contributed by atoms with Gasteiger partial charge in [-0.05, 0) is 44.1 Å². The fourth-order valence-corrected chi connectivity index (χ4v) is 2.17. The SMILES string of the molecule is N#Cc1ccc(Cl)c(NC(=O)C2CCNCC2)c1. The van der Waals surface area contributed by atoms with Crippen LogP contribution in [0.15, 0.2) is 18.2 Å². The average molecular weight is 264 g/mol. The summed E-state index contributed by atoms with van der Waals surface area (Å²) in [5.74, 6) is 0.00143. The van der Waals surface area contributed by atoms with Crippen LogP contribution >= 0.6 is 11.6 Å². The molecule has 2 rings (SSSR count). The highest BCUT2D eigenvalue weighted by Crippen LogP contribution is 2.24. The van der Waals surface area contributed by atoms with Crippen molar-refractivity contribution in [3.8, 4) is 6.07 Å². The molecule has 1 fully saturated rings. The zero-order valence-electron chi connectivity index (χ0n) is 9.87. The van der Waals surface area contributed by atoms with Crippen molar-refractivity contribution in [3.63, 3.8) is 0 Å². The Bertz CT molecular complexity index is 489. The quantitative estimate of drug-likeness (QED) is 0.859. The molecule has 1 aromatic rings. The average Bonchev–Trinajstić information content (AvgIpc) is 2.42. The van der Waals surface area contributed by atoms with Gasteiger partial charge in [0.15, 0.2) is 0 Å². The molecule has 2 N–H and O–H groups in total. The first-order valence-corrected chi connectivity index (χ1v) is 6.29. The molecule has 0 unspecified atom stereocenters. The van der Waals surface area contributed by atoms with E-state index in [1.807, 2.05) is 6.07 Å².